The molecule has 0 N–H and O–H groups in total. The number of ether oxygens (including phenoxy) is 1. The van der Waals surface area contributed by atoms with Crippen molar-refractivity contribution in [3.05, 3.63) is 28.2 Å². The van der Waals surface area contributed by atoms with E-state index in [0.29, 0.717) is 11.3 Å². The molecule has 94 valence electrons. The van der Waals surface area contributed by atoms with E-state index in [4.69, 9.17) is 16.3 Å². The normalized spacial score (nSPS) is 24.6. The van der Waals surface area contributed by atoms with E-state index in [9.17, 15) is 0 Å². The summed E-state index contributed by atoms with van der Waals surface area (Å²) in [5.74, 6) is 1.53. The van der Waals surface area contributed by atoms with E-state index in [1.807, 2.05) is 6.07 Å². The summed E-state index contributed by atoms with van der Waals surface area (Å²) < 4.78 is 6.43. The molecule has 0 aromatic heterocycles. The average Bonchev–Trinajstić information content (AvgIpc) is 2.35. The molecular weight excluding hydrogens is 300 g/mol. The highest BCUT2D eigenvalue weighted by Gasteiger charge is 2.24. The SMILES string of the molecule is COc1ccc(Br)c(CC2CCCCC2Cl)c1. The van der Waals surface area contributed by atoms with Crippen LogP contribution in [-0.4, -0.2) is 12.5 Å². The molecule has 0 aliphatic heterocycles. The molecule has 1 fully saturated rings. The molecule has 0 radical (unpaired) electrons. The van der Waals surface area contributed by atoms with Crippen LogP contribution in [0.25, 0.3) is 0 Å². The molecule has 1 aromatic carbocycles. The molecule has 1 aliphatic rings. The van der Waals surface area contributed by atoms with Crippen LogP contribution in [0.2, 0.25) is 0 Å². The van der Waals surface area contributed by atoms with Gasteiger partial charge in [0.1, 0.15) is 5.75 Å². The van der Waals surface area contributed by atoms with Crippen molar-refractivity contribution in [1.29, 1.82) is 0 Å². The summed E-state index contributed by atoms with van der Waals surface area (Å²) in [7, 11) is 1.71. The van der Waals surface area contributed by atoms with Gasteiger partial charge in [0.15, 0.2) is 0 Å². The summed E-state index contributed by atoms with van der Waals surface area (Å²) in [5.41, 5.74) is 1.31. The molecule has 2 unspecified atom stereocenters. The van der Waals surface area contributed by atoms with E-state index >= 15 is 0 Å². The van der Waals surface area contributed by atoms with E-state index in [2.05, 4.69) is 28.1 Å². The summed E-state index contributed by atoms with van der Waals surface area (Å²) in [5, 5.41) is 0.335. The minimum absolute atomic E-state index is 0.335. The summed E-state index contributed by atoms with van der Waals surface area (Å²) in [4.78, 5) is 0. The number of benzene rings is 1. The van der Waals surface area contributed by atoms with E-state index in [-0.39, 0.29) is 0 Å². The third-order valence-electron chi connectivity index (χ3n) is 3.55. The van der Waals surface area contributed by atoms with Gasteiger partial charge >= 0.3 is 0 Å². The first-order chi connectivity index (χ1) is 8.20. The minimum Gasteiger partial charge on any atom is -0.497 e. The van der Waals surface area contributed by atoms with Crippen molar-refractivity contribution in [3.8, 4) is 5.75 Å². The predicted molar refractivity (Wildman–Crippen MR) is 76.0 cm³/mol. The van der Waals surface area contributed by atoms with Crippen LogP contribution in [0.15, 0.2) is 22.7 Å². The van der Waals surface area contributed by atoms with Gasteiger partial charge in [-0.3, -0.25) is 0 Å². The lowest BCUT2D eigenvalue weighted by atomic mass is 9.84. The Morgan fingerprint density at radius 3 is 2.82 bits per heavy atom. The van der Waals surface area contributed by atoms with Gasteiger partial charge < -0.3 is 4.74 Å². The number of methoxy groups -OCH3 is 1. The van der Waals surface area contributed by atoms with Crippen LogP contribution in [0, 0.1) is 5.92 Å². The molecule has 2 atom stereocenters. The Kier molecular flexibility index (Phi) is 4.75. The number of rotatable bonds is 3. The Morgan fingerprint density at radius 1 is 1.35 bits per heavy atom. The molecule has 1 nitrogen and oxygen atoms in total. The quantitative estimate of drug-likeness (QED) is 0.728. The molecule has 0 amide bonds. The van der Waals surface area contributed by atoms with Crippen LogP contribution >= 0.6 is 27.5 Å². The van der Waals surface area contributed by atoms with Crippen molar-refractivity contribution in [2.24, 2.45) is 5.92 Å². The fourth-order valence-corrected chi connectivity index (χ4v) is 3.29. The Bertz CT molecular complexity index is 380. The van der Waals surface area contributed by atoms with Gasteiger partial charge in [0.2, 0.25) is 0 Å². The molecule has 1 saturated carbocycles. The third kappa shape index (κ3) is 3.38. The molecule has 2 rings (SSSR count). The van der Waals surface area contributed by atoms with Crippen molar-refractivity contribution in [3.63, 3.8) is 0 Å². The average molecular weight is 318 g/mol. The summed E-state index contributed by atoms with van der Waals surface area (Å²) in [6.45, 7) is 0. The maximum absolute atomic E-state index is 6.41. The molecule has 0 saturated heterocycles. The van der Waals surface area contributed by atoms with Gasteiger partial charge in [0.25, 0.3) is 0 Å². The second-order valence-electron chi connectivity index (χ2n) is 4.72. The van der Waals surface area contributed by atoms with Crippen LogP contribution in [0.4, 0.5) is 0 Å². The monoisotopic (exact) mass is 316 g/mol. The standard InChI is InChI=1S/C14H18BrClO/c1-17-12-6-7-13(15)11(9-12)8-10-4-2-3-5-14(10)16/h6-7,9-10,14H,2-5,8H2,1H3. The van der Waals surface area contributed by atoms with Gasteiger partial charge in [-0.15, -0.1) is 11.6 Å². The zero-order chi connectivity index (χ0) is 12.3. The highest BCUT2D eigenvalue weighted by Crippen LogP contribution is 2.33. The first-order valence-corrected chi connectivity index (χ1v) is 7.40. The smallest absolute Gasteiger partial charge is 0.119 e. The van der Waals surface area contributed by atoms with Gasteiger partial charge in [0.05, 0.1) is 7.11 Å². The Morgan fingerprint density at radius 2 is 2.12 bits per heavy atom. The molecule has 0 bridgehead atoms. The van der Waals surface area contributed by atoms with Crippen LogP contribution in [0.1, 0.15) is 31.2 Å². The molecule has 1 aliphatic carbocycles. The molecule has 0 spiro atoms. The van der Waals surface area contributed by atoms with Gasteiger partial charge in [-0.1, -0.05) is 28.8 Å². The van der Waals surface area contributed by atoms with Crippen LogP contribution in [0.3, 0.4) is 0 Å². The van der Waals surface area contributed by atoms with Crippen molar-refractivity contribution >= 4 is 27.5 Å². The molecule has 0 heterocycles. The fourth-order valence-electron chi connectivity index (χ4n) is 2.51. The zero-order valence-electron chi connectivity index (χ0n) is 10.1. The maximum Gasteiger partial charge on any atom is 0.119 e. The first kappa shape index (κ1) is 13.2. The lowest BCUT2D eigenvalue weighted by Crippen LogP contribution is -2.21. The summed E-state index contributed by atoms with van der Waals surface area (Å²) >= 11 is 10.0. The second kappa shape index (κ2) is 6.10. The Hall–Kier alpha value is -0.210. The Labute approximate surface area is 117 Å². The number of hydrogen-bond donors (Lipinski definition) is 0. The molecule has 1 aromatic rings. The largest absolute Gasteiger partial charge is 0.497 e. The van der Waals surface area contributed by atoms with Gasteiger partial charge in [-0.25, -0.2) is 0 Å². The second-order valence-corrected chi connectivity index (χ2v) is 6.14. The fraction of sp³-hybridized carbons (Fsp3) is 0.571. The summed E-state index contributed by atoms with van der Waals surface area (Å²) in [6, 6.07) is 6.15. The van der Waals surface area contributed by atoms with E-state index < -0.39 is 0 Å². The van der Waals surface area contributed by atoms with Crippen LogP contribution in [0.5, 0.6) is 5.75 Å². The Balaban J connectivity index is 2.11. The van der Waals surface area contributed by atoms with E-state index in [0.717, 1.165) is 23.1 Å². The van der Waals surface area contributed by atoms with E-state index in [1.54, 1.807) is 7.11 Å². The number of halogens is 2. The van der Waals surface area contributed by atoms with Crippen LogP contribution in [-0.2, 0) is 6.42 Å². The van der Waals surface area contributed by atoms with Gasteiger partial charge in [-0.05, 0) is 48.9 Å². The van der Waals surface area contributed by atoms with Gasteiger partial charge in [0, 0.05) is 9.85 Å². The predicted octanol–water partition coefficient (Wildman–Crippen LogP) is 4.80. The van der Waals surface area contributed by atoms with Crippen molar-refractivity contribution in [2.45, 2.75) is 37.5 Å². The summed E-state index contributed by atoms with van der Waals surface area (Å²) in [6.07, 6.45) is 6.05. The van der Waals surface area contributed by atoms with E-state index in [1.165, 1.54) is 24.8 Å². The minimum atomic E-state index is 0.335. The van der Waals surface area contributed by atoms with Crippen molar-refractivity contribution < 1.29 is 4.74 Å². The number of hydrogen-bond acceptors (Lipinski definition) is 1. The lowest BCUT2D eigenvalue weighted by Gasteiger charge is -2.27. The van der Waals surface area contributed by atoms with Crippen molar-refractivity contribution in [2.75, 3.05) is 7.11 Å². The van der Waals surface area contributed by atoms with Crippen molar-refractivity contribution in [1.82, 2.24) is 0 Å². The third-order valence-corrected chi connectivity index (χ3v) is 4.90. The first-order valence-electron chi connectivity index (χ1n) is 6.17. The molecule has 17 heavy (non-hydrogen) atoms. The highest BCUT2D eigenvalue weighted by atomic mass is 79.9. The highest BCUT2D eigenvalue weighted by molar-refractivity contribution is 9.10. The zero-order valence-corrected chi connectivity index (χ0v) is 12.4. The van der Waals surface area contributed by atoms with Crippen LogP contribution < -0.4 is 4.74 Å². The number of alkyl halides is 1. The molecular formula is C14H18BrClO. The maximum atomic E-state index is 6.41. The van der Waals surface area contributed by atoms with Gasteiger partial charge in [-0.2, -0.15) is 0 Å². The molecule has 3 heteroatoms. The topological polar surface area (TPSA) is 9.23 Å². The lowest BCUT2D eigenvalue weighted by molar-refractivity contribution is 0.362.